The highest BCUT2D eigenvalue weighted by atomic mass is 35.5. The maximum Gasteiger partial charge on any atom is 0.230 e. The number of aromatic amines is 1. The molecule has 1 aromatic carbocycles. The Labute approximate surface area is 110 Å². The lowest BCUT2D eigenvalue weighted by Crippen LogP contribution is -2.15. The summed E-state index contributed by atoms with van der Waals surface area (Å²) < 4.78 is 0. The predicted octanol–water partition coefficient (Wildman–Crippen LogP) is 2.86. The van der Waals surface area contributed by atoms with E-state index in [1.807, 2.05) is 26.0 Å². The van der Waals surface area contributed by atoms with Gasteiger partial charge in [0.1, 0.15) is 0 Å². The third kappa shape index (κ3) is 2.90. The molecule has 0 saturated carbocycles. The molecule has 1 aromatic heterocycles. The lowest BCUT2D eigenvalue weighted by atomic mass is 10.1. The molecule has 0 bridgehead atoms. The summed E-state index contributed by atoms with van der Waals surface area (Å²) in [4.78, 5) is 11.9. The van der Waals surface area contributed by atoms with Crippen molar-refractivity contribution >= 4 is 23.2 Å². The minimum Gasteiger partial charge on any atom is -0.324 e. The van der Waals surface area contributed by atoms with Gasteiger partial charge in [-0.05, 0) is 37.1 Å². The molecule has 0 radical (unpaired) electrons. The zero-order valence-corrected chi connectivity index (χ0v) is 11.0. The summed E-state index contributed by atoms with van der Waals surface area (Å²) in [6.07, 6.45) is 1.87. The van der Waals surface area contributed by atoms with Crippen LogP contribution in [-0.4, -0.2) is 16.1 Å². The SMILES string of the molecule is Cc1cc(C)c(NC(=O)Cc2ccn[nH]2)c(Cl)c1. The molecule has 4 nitrogen and oxygen atoms in total. The van der Waals surface area contributed by atoms with Crippen LogP contribution in [0.15, 0.2) is 24.4 Å². The summed E-state index contributed by atoms with van der Waals surface area (Å²) >= 11 is 6.13. The normalized spacial score (nSPS) is 10.4. The molecule has 0 saturated heterocycles. The van der Waals surface area contributed by atoms with Gasteiger partial charge in [0, 0.05) is 11.9 Å². The number of carbonyl (C=O) groups excluding carboxylic acids is 1. The van der Waals surface area contributed by atoms with Crippen LogP contribution in [0.2, 0.25) is 5.02 Å². The fraction of sp³-hybridized carbons (Fsp3) is 0.231. The number of rotatable bonds is 3. The van der Waals surface area contributed by atoms with E-state index in [1.54, 1.807) is 12.3 Å². The highest BCUT2D eigenvalue weighted by Crippen LogP contribution is 2.27. The molecule has 5 heteroatoms. The fourth-order valence-electron chi connectivity index (χ4n) is 1.81. The molecular weight excluding hydrogens is 250 g/mol. The van der Waals surface area contributed by atoms with Crippen molar-refractivity contribution in [3.8, 4) is 0 Å². The van der Waals surface area contributed by atoms with Crippen molar-refractivity contribution in [2.24, 2.45) is 0 Å². The molecule has 0 fully saturated rings. The number of halogens is 1. The van der Waals surface area contributed by atoms with Gasteiger partial charge < -0.3 is 5.32 Å². The number of aromatic nitrogens is 2. The van der Waals surface area contributed by atoms with E-state index >= 15 is 0 Å². The Bertz CT molecular complexity index is 541. The second-order valence-electron chi connectivity index (χ2n) is 4.25. The molecule has 18 heavy (non-hydrogen) atoms. The van der Waals surface area contributed by atoms with Crippen LogP contribution in [0.5, 0.6) is 0 Å². The van der Waals surface area contributed by atoms with Crippen LogP contribution in [0.3, 0.4) is 0 Å². The van der Waals surface area contributed by atoms with Crippen molar-refractivity contribution in [2.75, 3.05) is 5.32 Å². The number of benzene rings is 1. The summed E-state index contributed by atoms with van der Waals surface area (Å²) in [5.41, 5.74) is 3.47. The summed E-state index contributed by atoms with van der Waals surface area (Å²) in [7, 11) is 0. The molecule has 0 spiro atoms. The van der Waals surface area contributed by atoms with E-state index in [2.05, 4.69) is 15.5 Å². The Morgan fingerprint density at radius 1 is 1.44 bits per heavy atom. The monoisotopic (exact) mass is 263 g/mol. The first-order valence-corrected chi connectivity index (χ1v) is 5.99. The third-order valence-corrected chi connectivity index (χ3v) is 2.90. The van der Waals surface area contributed by atoms with Crippen LogP contribution in [0.25, 0.3) is 0 Å². The number of nitrogens with zero attached hydrogens (tertiary/aromatic N) is 1. The number of hydrogen-bond acceptors (Lipinski definition) is 2. The molecule has 0 aliphatic rings. The molecule has 0 atom stereocenters. The summed E-state index contributed by atoms with van der Waals surface area (Å²) in [5.74, 6) is -0.117. The standard InChI is InChI=1S/C13H14ClN3O/c1-8-5-9(2)13(11(14)6-8)16-12(18)7-10-3-4-15-17-10/h3-6H,7H2,1-2H3,(H,15,17)(H,16,18). The number of H-pyrrole nitrogens is 1. The third-order valence-electron chi connectivity index (χ3n) is 2.61. The molecule has 2 N–H and O–H groups in total. The lowest BCUT2D eigenvalue weighted by Gasteiger charge is -2.11. The number of anilines is 1. The number of nitrogens with one attached hydrogen (secondary N) is 2. The van der Waals surface area contributed by atoms with Gasteiger partial charge >= 0.3 is 0 Å². The fourth-order valence-corrected chi connectivity index (χ4v) is 2.18. The van der Waals surface area contributed by atoms with Crippen LogP contribution >= 0.6 is 11.6 Å². The Kier molecular flexibility index (Phi) is 3.67. The first-order valence-electron chi connectivity index (χ1n) is 5.61. The Morgan fingerprint density at radius 3 is 2.83 bits per heavy atom. The second-order valence-corrected chi connectivity index (χ2v) is 4.65. The number of carbonyl (C=O) groups is 1. The zero-order chi connectivity index (χ0) is 13.1. The van der Waals surface area contributed by atoms with E-state index in [9.17, 15) is 4.79 Å². The van der Waals surface area contributed by atoms with Gasteiger partial charge in [0.15, 0.2) is 0 Å². The van der Waals surface area contributed by atoms with Crippen molar-refractivity contribution in [1.29, 1.82) is 0 Å². The van der Waals surface area contributed by atoms with Crippen molar-refractivity contribution < 1.29 is 4.79 Å². The summed E-state index contributed by atoms with van der Waals surface area (Å²) in [6.45, 7) is 3.89. The van der Waals surface area contributed by atoms with Crippen LogP contribution in [0, 0.1) is 13.8 Å². The summed E-state index contributed by atoms with van der Waals surface area (Å²) in [6, 6.07) is 5.58. The van der Waals surface area contributed by atoms with Gasteiger partial charge in [0.2, 0.25) is 5.91 Å². The quantitative estimate of drug-likeness (QED) is 0.895. The predicted molar refractivity (Wildman–Crippen MR) is 71.8 cm³/mol. The number of aryl methyl sites for hydroxylation is 2. The van der Waals surface area contributed by atoms with Gasteiger partial charge in [-0.1, -0.05) is 17.7 Å². The van der Waals surface area contributed by atoms with E-state index in [-0.39, 0.29) is 12.3 Å². The molecule has 1 amide bonds. The van der Waals surface area contributed by atoms with Gasteiger partial charge in [-0.3, -0.25) is 9.89 Å². The van der Waals surface area contributed by atoms with Crippen LogP contribution < -0.4 is 5.32 Å². The van der Waals surface area contributed by atoms with Crippen LogP contribution in [0.4, 0.5) is 5.69 Å². The van der Waals surface area contributed by atoms with E-state index in [0.29, 0.717) is 10.7 Å². The van der Waals surface area contributed by atoms with Crippen LogP contribution in [0.1, 0.15) is 16.8 Å². The average molecular weight is 264 g/mol. The molecule has 94 valence electrons. The van der Waals surface area contributed by atoms with Crippen molar-refractivity contribution in [2.45, 2.75) is 20.3 Å². The van der Waals surface area contributed by atoms with Crippen LogP contribution in [-0.2, 0) is 11.2 Å². The first kappa shape index (κ1) is 12.6. The smallest absolute Gasteiger partial charge is 0.230 e. The molecule has 0 unspecified atom stereocenters. The maximum atomic E-state index is 11.9. The van der Waals surface area contributed by atoms with E-state index < -0.39 is 0 Å². The number of amides is 1. The first-order chi connectivity index (χ1) is 8.56. The van der Waals surface area contributed by atoms with Gasteiger partial charge in [-0.2, -0.15) is 5.10 Å². The van der Waals surface area contributed by atoms with Gasteiger partial charge in [-0.15, -0.1) is 0 Å². The topological polar surface area (TPSA) is 57.8 Å². The van der Waals surface area contributed by atoms with Crippen molar-refractivity contribution in [3.05, 3.63) is 46.2 Å². The minimum absolute atomic E-state index is 0.117. The molecular formula is C13H14ClN3O. The van der Waals surface area contributed by atoms with Gasteiger partial charge in [0.05, 0.1) is 17.1 Å². The highest BCUT2D eigenvalue weighted by Gasteiger charge is 2.10. The Balaban J connectivity index is 2.12. The van der Waals surface area contributed by atoms with E-state index in [0.717, 1.165) is 16.8 Å². The highest BCUT2D eigenvalue weighted by molar-refractivity contribution is 6.34. The lowest BCUT2D eigenvalue weighted by molar-refractivity contribution is -0.115. The average Bonchev–Trinajstić information content (AvgIpc) is 2.76. The molecule has 0 aliphatic heterocycles. The number of hydrogen-bond donors (Lipinski definition) is 2. The van der Waals surface area contributed by atoms with E-state index in [4.69, 9.17) is 11.6 Å². The largest absolute Gasteiger partial charge is 0.324 e. The van der Waals surface area contributed by atoms with Gasteiger partial charge in [-0.25, -0.2) is 0 Å². The minimum atomic E-state index is -0.117. The molecule has 0 aliphatic carbocycles. The zero-order valence-electron chi connectivity index (χ0n) is 10.2. The molecule has 2 rings (SSSR count). The van der Waals surface area contributed by atoms with E-state index in [1.165, 1.54) is 0 Å². The maximum absolute atomic E-state index is 11.9. The molecule has 2 aromatic rings. The van der Waals surface area contributed by atoms with Gasteiger partial charge in [0.25, 0.3) is 0 Å². The summed E-state index contributed by atoms with van der Waals surface area (Å²) in [5, 5.41) is 9.93. The van der Waals surface area contributed by atoms with Crippen molar-refractivity contribution in [1.82, 2.24) is 10.2 Å². The van der Waals surface area contributed by atoms with Crippen molar-refractivity contribution in [3.63, 3.8) is 0 Å². The Morgan fingerprint density at radius 2 is 2.22 bits per heavy atom. The Hall–Kier alpha value is -1.81. The second kappa shape index (κ2) is 5.23. The molecule has 1 heterocycles.